The van der Waals surface area contributed by atoms with Crippen LogP contribution in [0.4, 0.5) is 0 Å². The first kappa shape index (κ1) is 26.4. The van der Waals surface area contributed by atoms with E-state index >= 15 is 0 Å². The van der Waals surface area contributed by atoms with Crippen LogP contribution in [0.5, 0.6) is 0 Å². The highest BCUT2D eigenvalue weighted by Crippen LogP contribution is 2.31. The van der Waals surface area contributed by atoms with Gasteiger partial charge in [-0.2, -0.15) is 0 Å². The average Bonchev–Trinajstić information content (AvgIpc) is 2.73. The molecule has 4 N–H and O–H groups in total. The highest BCUT2D eigenvalue weighted by molar-refractivity contribution is 5.83. The van der Waals surface area contributed by atoms with Crippen LogP contribution in [-0.2, 0) is 14.3 Å². The number of rotatable bonds is 3. The van der Waals surface area contributed by atoms with Gasteiger partial charge in [0.15, 0.2) is 0 Å². The lowest BCUT2D eigenvalue weighted by atomic mass is 9.77. The van der Waals surface area contributed by atoms with E-state index in [4.69, 9.17) is 10.3 Å². The number of cyclic esters (lactones) is 1. The number of esters is 1. The summed E-state index contributed by atoms with van der Waals surface area (Å²) in [5.41, 5.74) is 6.79. The van der Waals surface area contributed by atoms with Gasteiger partial charge in [0, 0.05) is 30.1 Å². The quantitative estimate of drug-likeness (QED) is 0.305. The van der Waals surface area contributed by atoms with Gasteiger partial charge in [-0.05, 0) is 19.3 Å². The molecule has 1 fully saturated rings. The van der Waals surface area contributed by atoms with E-state index in [0.717, 1.165) is 0 Å². The van der Waals surface area contributed by atoms with E-state index in [-0.39, 0.29) is 30.6 Å². The normalized spacial score (nSPS) is 42.0. The van der Waals surface area contributed by atoms with Crippen molar-refractivity contribution in [3.05, 3.63) is 0 Å². The minimum absolute atomic E-state index is 0.122. The van der Waals surface area contributed by atoms with Crippen LogP contribution in [0.15, 0.2) is 5.11 Å². The van der Waals surface area contributed by atoms with Crippen LogP contribution in [0.3, 0.4) is 0 Å². The molecular weight excluding hydrogens is 390 g/mol. The van der Waals surface area contributed by atoms with E-state index in [2.05, 4.69) is 10.0 Å². The van der Waals surface area contributed by atoms with Gasteiger partial charge in [0.1, 0.15) is 29.1 Å². The number of aliphatic hydroxyl groups excluding tert-OH is 3. The van der Waals surface area contributed by atoms with Gasteiger partial charge in [-0.3, -0.25) is 9.59 Å². The van der Waals surface area contributed by atoms with E-state index in [9.17, 15) is 24.9 Å². The molecule has 1 aliphatic heterocycles. The molecule has 1 heterocycles. The molecular formula is C21H38N3O6+. The van der Waals surface area contributed by atoms with Gasteiger partial charge in [-0.25, -0.2) is 0 Å². The molecule has 0 aromatic rings. The Morgan fingerprint density at radius 2 is 1.53 bits per heavy atom. The van der Waals surface area contributed by atoms with Crippen molar-refractivity contribution in [3.63, 3.8) is 0 Å². The fourth-order valence-corrected chi connectivity index (χ4v) is 4.34. The van der Waals surface area contributed by atoms with Crippen molar-refractivity contribution in [2.75, 3.05) is 6.54 Å². The van der Waals surface area contributed by atoms with Crippen LogP contribution in [0.25, 0.3) is 0 Å². The number of ketones is 1. The third-order valence-corrected chi connectivity index (χ3v) is 6.69. The maximum atomic E-state index is 12.9. The first-order valence-electron chi connectivity index (χ1n) is 10.8. The fraction of sp³-hybridized carbons (Fsp3) is 0.905. The zero-order valence-electron chi connectivity index (χ0n) is 18.9. The number of nitrogens with zero attached hydrogens (tertiary/aromatic N) is 2. The molecule has 0 amide bonds. The first-order chi connectivity index (χ1) is 13.9. The van der Waals surface area contributed by atoms with Crippen LogP contribution in [-0.4, -0.2) is 58.0 Å². The Labute approximate surface area is 178 Å². The lowest BCUT2D eigenvalue weighted by molar-refractivity contribution is -0.166. The van der Waals surface area contributed by atoms with E-state index in [0.29, 0.717) is 6.42 Å². The molecule has 0 aromatic heterocycles. The van der Waals surface area contributed by atoms with Crippen LogP contribution >= 0.6 is 0 Å². The van der Waals surface area contributed by atoms with Gasteiger partial charge in [0.25, 0.3) is 0 Å². The summed E-state index contributed by atoms with van der Waals surface area (Å²) in [6, 6.07) is 0. The summed E-state index contributed by atoms with van der Waals surface area (Å²) < 4.78 is 5.61. The molecule has 9 nitrogen and oxygen atoms in total. The molecule has 1 rings (SSSR count). The van der Waals surface area contributed by atoms with Crippen LogP contribution in [0.2, 0.25) is 0 Å². The summed E-state index contributed by atoms with van der Waals surface area (Å²) in [4.78, 5) is 28.6. The van der Waals surface area contributed by atoms with Gasteiger partial charge in [-0.1, -0.05) is 34.6 Å². The third-order valence-electron chi connectivity index (χ3n) is 6.69. The highest BCUT2D eigenvalue weighted by Gasteiger charge is 2.40. The predicted octanol–water partition coefficient (Wildman–Crippen LogP) is 1.71. The molecule has 9 heteroatoms. The molecule has 0 spiro atoms. The molecule has 10 atom stereocenters. The van der Waals surface area contributed by atoms with Crippen LogP contribution in [0, 0.1) is 41.0 Å². The fourth-order valence-electron chi connectivity index (χ4n) is 4.34. The van der Waals surface area contributed by atoms with Gasteiger partial charge in [0.2, 0.25) is 4.91 Å². The summed E-state index contributed by atoms with van der Waals surface area (Å²) in [5, 5.41) is 35.8. The molecule has 1 saturated heterocycles. The third kappa shape index (κ3) is 6.41. The van der Waals surface area contributed by atoms with Gasteiger partial charge in [-0.15, -0.1) is 0 Å². The van der Waals surface area contributed by atoms with Crippen molar-refractivity contribution < 1.29 is 29.6 Å². The van der Waals surface area contributed by atoms with Crippen molar-refractivity contribution >= 4 is 11.8 Å². The molecule has 30 heavy (non-hydrogen) atoms. The number of aliphatic hydroxyl groups is 3. The maximum absolute atomic E-state index is 12.9. The number of ether oxygens (including phenoxy) is 1. The van der Waals surface area contributed by atoms with Crippen molar-refractivity contribution in [1.29, 1.82) is 5.53 Å². The Hall–Kier alpha value is -1.67. The SMILES string of the molecule is C[C@@H]1[C@@H](O)[C@@H](C)C[C@@H](C)C(=O)[C@H](C)[C@@H](O)[C@@H](C)[C@@H](CCN=[N+]=N)OC(=O)[C@H](C)[C@H]1O. The second-order valence-electron chi connectivity index (χ2n) is 9.01. The molecule has 0 unspecified atom stereocenters. The number of carbonyl (C=O) groups is 2. The Kier molecular flexibility index (Phi) is 10.2. The standard InChI is InChI=1S/C21H38N3O6/c1-10-9-11(2)18(26)14(5)20(28)15(6)21(29)30-16(7-8-23-24-22)12(3)19(27)13(4)17(10)25/h10-16,18-20,22,26-28H,7-9H2,1-6H3/q+1/t10-,11+,12+,13+,14-,15-,16-,18+,19+,20+/m1/s1. The van der Waals surface area contributed by atoms with Crippen molar-refractivity contribution in [3.8, 4) is 0 Å². The number of hydrogen-bond acceptors (Lipinski definition) is 8. The zero-order valence-corrected chi connectivity index (χ0v) is 18.9. The van der Waals surface area contributed by atoms with Crippen molar-refractivity contribution in [2.24, 2.45) is 40.6 Å². The maximum Gasteiger partial charge on any atom is 0.311 e. The molecule has 0 aliphatic carbocycles. The van der Waals surface area contributed by atoms with E-state index in [1.165, 1.54) is 0 Å². The van der Waals surface area contributed by atoms with Crippen LogP contribution in [0.1, 0.15) is 54.4 Å². The van der Waals surface area contributed by atoms with E-state index in [1.807, 2.05) is 6.92 Å². The lowest BCUT2D eigenvalue weighted by Crippen LogP contribution is -2.45. The second-order valence-corrected chi connectivity index (χ2v) is 9.01. The Morgan fingerprint density at radius 3 is 2.10 bits per heavy atom. The topological polar surface area (TPSA) is 154 Å². The van der Waals surface area contributed by atoms with E-state index in [1.54, 1.807) is 34.6 Å². The minimum atomic E-state index is -1.13. The Balaban J connectivity index is 3.28. The zero-order chi connectivity index (χ0) is 23.2. The monoisotopic (exact) mass is 428 g/mol. The van der Waals surface area contributed by atoms with Gasteiger partial charge in [0.05, 0.1) is 24.2 Å². The Bertz CT molecular complexity index is 638. The summed E-state index contributed by atoms with van der Waals surface area (Å²) in [7, 11) is 0. The van der Waals surface area contributed by atoms with E-state index < -0.39 is 54.1 Å². The number of hydrogen-bond donors (Lipinski definition) is 4. The predicted molar refractivity (Wildman–Crippen MR) is 109 cm³/mol. The van der Waals surface area contributed by atoms with Crippen molar-refractivity contribution in [1.82, 2.24) is 4.91 Å². The van der Waals surface area contributed by atoms with Gasteiger partial charge < -0.3 is 20.1 Å². The first-order valence-corrected chi connectivity index (χ1v) is 10.8. The molecule has 0 saturated carbocycles. The number of carbonyl (C=O) groups excluding carboxylic acids is 2. The summed E-state index contributed by atoms with van der Waals surface area (Å²) in [6.45, 7) is 10.3. The van der Waals surface area contributed by atoms with Gasteiger partial charge >= 0.3 is 5.97 Å². The van der Waals surface area contributed by atoms with Crippen LogP contribution < -0.4 is 4.91 Å². The smallest absolute Gasteiger partial charge is 0.311 e. The Morgan fingerprint density at radius 1 is 0.967 bits per heavy atom. The molecule has 0 aromatic carbocycles. The van der Waals surface area contributed by atoms with Crippen molar-refractivity contribution in [2.45, 2.75) is 78.8 Å². The molecule has 172 valence electrons. The molecule has 0 radical (unpaired) electrons. The second kappa shape index (κ2) is 11.6. The largest absolute Gasteiger partial charge is 0.462 e. The minimum Gasteiger partial charge on any atom is -0.462 e. The summed E-state index contributed by atoms with van der Waals surface area (Å²) in [5.74, 6) is -4.14. The molecule has 0 bridgehead atoms. The average molecular weight is 429 g/mol. The summed E-state index contributed by atoms with van der Waals surface area (Å²) >= 11 is 0. The summed E-state index contributed by atoms with van der Waals surface area (Å²) in [6.07, 6.45) is -3.21. The number of nitrogens with one attached hydrogen (secondary N) is 1. The molecule has 1 aliphatic rings. The number of Topliss-reactive ketones (excluding diaryl/α,β-unsaturated/α-hetero) is 1. The lowest BCUT2D eigenvalue weighted by Gasteiger charge is -2.35. The highest BCUT2D eigenvalue weighted by atomic mass is 16.5.